The van der Waals surface area contributed by atoms with Gasteiger partial charge in [0.15, 0.2) is 0 Å². The molecule has 1 aromatic rings. The first kappa shape index (κ1) is 16.3. The molecule has 0 fully saturated rings. The zero-order chi connectivity index (χ0) is 16.0. The molecule has 0 heterocycles. The maximum atomic E-state index is 12.0. The van der Waals surface area contributed by atoms with Crippen LogP contribution in [-0.2, 0) is 4.74 Å². The largest absolute Gasteiger partial charge is 0.573 e. The molecule has 0 bridgehead atoms. The summed E-state index contributed by atoms with van der Waals surface area (Å²) in [6.45, 7) is 3.09. The second kappa shape index (κ2) is 6.64. The predicted octanol–water partition coefficient (Wildman–Crippen LogP) is 1.65. The van der Waals surface area contributed by atoms with E-state index in [0.717, 1.165) is 12.1 Å². The van der Waals surface area contributed by atoms with Gasteiger partial charge in [-0.1, -0.05) is 12.7 Å². The molecule has 0 N–H and O–H groups in total. The molecule has 1 aromatic carbocycles. The van der Waals surface area contributed by atoms with Crippen LogP contribution < -0.4 is 14.6 Å². The molecule has 0 amide bonds. The lowest BCUT2D eigenvalue weighted by Crippen LogP contribution is -2.24. The number of hydrogen-bond acceptors (Lipinski definition) is 6. The molecule has 0 spiro atoms. The van der Waals surface area contributed by atoms with E-state index < -0.39 is 35.5 Å². The molecule has 21 heavy (non-hydrogen) atoms. The smallest absolute Gasteiger partial charge is 0.545 e. The van der Waals surface area contributed by atoms with Crippen LogP contribution in [-0.4, -0.2) is 25.1 Å². The lowest BCUT2D eigenvalue weighted by Gasteiger charge is -2.14. The van der Waals surface area contributed by atoms with Gasteiger partial charge < -0.3 is 24.1 Å². The molecule has 0 aliphatic heterocycles. The quantitative estimate of drug-likeness (QED) is 0.467. The minimum absolute atomic E-state index is 0.186. The number of benzene rings is 1. The van der Waals surface area contributed by atoms with Crippen LogP contribution in [0.1, 0.15) is 10.4 Å². The van der Waals surface area contributed by atoms with Crippen molar-refractivity contribution in [2.75, 3.05) is 6.61 Å². The Morgan fingerprint density at radius 1 is 1.33 bits per heavy atom. The van der Waals surface area contributed by atoms with Gasteiger partial charge in [-0.25, -0.2) is 4.79 Å². The summed E-state index contributed by atoms with van der Waals surface area (Å²) >= 11 is 0. The van der Waals surface area contributed by atoms with Crippen molar-refractivity contribution in [2.24, 2.45) is 0 Å². The minimum Gasteiger partial charge on any atom is -0.545 e. The molecule has 0 saturated heterocycles. The Bertz CT molecular complexity index is 552. The standard InChI is InChI=1S/C12H9F3O6/c1-2-5-19-11(18)20-9-4-3-7(21-12(13,14)15)6-8(9)10(16)17/h2-4,6H,1,5H2,(H,16,17)/p-1. The topological polar surface area (TPSA) is 84.9 Å². The van der Waals surface area contributed by atoms with Crippen molar-refractivity contribution in [3.05, 3.63) is 36.4 Å². The van der Waals surface area contributed by atoms with Crippen molar-refractivity contribution in [2.45, 2.75) is 6.36 Å². The van der Waals surface area contributed by atoms with Crippen molar-refractivity contribution in [1.29, 1.82) is 0 Å². The van der Waals surface area contributed by atoms with Crippen LogP contribution in [0.5, 0.6) is 11.5 Å². The first-order valence-electron chi connectivity index (χ1n) is 5.29. The number of carbonyl (C=O) groups excluding carboxylic acids is 2. The Balaban J connectivity index is 2.97. The van der Waals surface area contributed by atoms with E-state index in [-0.39, 0.29) is 6.61 Å². The zero-order valence-corrected chi connectivity index (χ0v) is 10.3. The van der Waals surface area contributed by atoms with Crippen molar-refractivity contribution >= 4 is 12.1 Å². The van der Waals surface area contributed by atoms with E-state index in [4.69, 9.17) is 0 Å². The summed E-state index contributed by atoms with van der Waals surface area (Å²) in [5, 5.41) is 10.8. The van der Waals surface area contributed by atoms with Crippen LogP contribution in [0.25, 0.3) is 0 Å². The van der Waals surface area contributed by atoms with Gasteiger partial charge in [-0.2, -0.15) is 0 Å². The van der Waals surface area contributed by atoms with Gasteiger partial charge in [0.2, 0.25) is 0 Å². The molecular formula is C12H8F3O6-. The number of aromatic carboxylic acids is 1. The lowest BCUT2D eigenvalue weighted by molar-refractivity contribution is -0.275. The van der Waals surface area contributed by atoms with E-state index in [1.807, 2.05) is 0 Å². The Hall–Kier alpha value is -2.71. The summed E-state index contributed by atoms with van der Waals surface area (Å²) in [4.78, 5) is 22.0. The maximum absolute atomic E-state index is 12.0. The fourth-order valence-electron chi connectivity index (χ4n) is 1.20. The lowest BCUT2D eigenvalue weighted by atomic mass is 10.2. The van der Waals surface area contributed by atoms with E-state index in [9.17, 15) is 27.9 Å². The molecule has 0 aliphatic carbocycles. The number of carbonyl (C=O) groups is 2. The van der Waals surface area contributed by atoms with E-state index in [2.05, 4.69) is 20.8 Å². The third-order valence-electron chi connectivity index (χ3n) is 1.92. The SMILES string of the molecule is C=CCOC(=O)Oc1ccc(OC(F)(F)F)cc1C(=O)[O-]. The van der Waals surface area contributed by atoms with Crippen molar-refractivity contribution in [1.82, 2.24) is 0 Å². The van der Waals surface area contributed by atoms with Gasteiger partial charge in [-0.05, 0) is 18.2 Å². The number of ether oxygens (including phenoxy) is 3. The summed E-state index contributed by atoms with van der Waals surface area (Å²) in [6.07, 6.45) is -5.00. The third kappa shape index (κ3) is 5.43. The van der Waals surface area contributed by atoms with Gasteiger partial charge in [-0.15, -0.1) is 13.2 Å². The Morgan fingerprint density at radius 3 is 2.52 bits per heavy atom. The van der Waals surface area contributed by atoms with Crippen molar-refractivity contribution in [3.63, 3.8) is 0 Å². The van der Waals surface area contributed by atoms with Crippen LogP contribution >= 0.6 is 0 Å². The highest BCUT2D eigenvalue weighted by Crippen LogP contribution is 2.28. The number of alkyl halides is 3. The Kier molecular flexibility index (Phi) is 5.17. The fourth-order valence-corrected chi connectivity index (χ4v) is 1.20. The minimum atomic E-state index is -4.99. The summed E-state index contributed by atoms with van der Waals surface area (Å²) < 4.78 is 48.6. The van der Waals surface area contributed by atoms with Gasteiger partial charge in [0.1, 0.15) is 18.1 Å². The van der Waals surface area contributed by atoms with Crippen LogP contribution in [0.4, 0.5) is 18.0 Å². The number of rotatable bonds is 5. The highest BCUT2D eigenvalue weighted by atomic mass is 19.4. The summed E-state index contributed by atoms with van der Waals surface area (Å²) in [7, 11) is 0. The van der Waals surface area contributed by atoms with E-state index in [1.54, 1.807) is 0 Å². The highest BCUT2D eigenvalue weighted by molar-refractivity contribution is 5.90. The van der Waals surface area contributed by atoms with Crippen molar-refractivity contribution < 1.29 is 42.1 Å². The molecule has 1 rings (SSSR count). The van der Waals surface area contributed by atoms with Gasteiger partial charge in [0, 0.05) is 5.56 Å². The first-order valence-corrected chi connectivity index (χ1v) is 5.29. The normalized spacial score (nSPS) is 10.6. The van der Waals surface area contributed by atoms with Crippen LogP contribution in [0, 0.1) is 0 Å². The second-order valence-electron chi connectivity index (χ2n) is 3.44. The van der Waals surface area contributed by atoms with Gasteiger partial charge in [-0.3, -0.25) is 0 Å². The first-order chi connectivity index (χ1) is 9.73. The van der Waals surface area contributed by atoms with E-state index in [0.29, 0.717) is 6.07 Å². The Morgan fingerprint density at radius 2 is 2.00 bits per heavy atom. The van der Waals surface area contributed by atoms with Crippen LogP contribution in [0.2, 0.25) is 0 Å². The fraction of sp³-hybridized carbons (Fsp3) is 0.167. The summed E-state index contributed by atoms with van der Waals surface area (Å²) in [6, 6.07) is 2.09. The molecule has 9 heteroatoms. The number of carboxylic acids is 1. The number of halogens is 3. The summed E-state index contributed by atoms with van der Waals surface area (Å²) in [5.41, 5.74) is -0.799. The monoisotopic (exact) mass is 305 g/mol. The molecule has 0 aromatic heterocycles. The molecule has 0 atom stereocenters. The molecular weight excluding hydrogens is 297 g/mol. The molecule has 114 valence electrons. The highest BCUT2D eigenvalue weighted by Gasteiger charge is 2.31. The molecule has 0 unspecified atom stereocenters. The van der Waals surface area contributed by atoms with Gasteiger partial charge >= 0.3 is 12.5 Å². The van der Waals surface area contributed by atoms with Crippen LogP contribution in [0.15, 0.2) is 30.9 Å². The molecule has 0 radical (unpaired) electrons. The predicted molar refractivity (Wildman–Crippen MR) is 59.6 cm³/mol. The molecule has 6 nitrogen and oxygen atoms in total. The third-order valence-corrected chi connectivity index (χ3v) is 1.92. The van der Waals surface area contributed by atoms with Gasteiger partial charge in [0.05, 0.1) is 5.97 Å². The average molecular weight is 305 g/mol. The van der Waals surface area contributed by atoms with Crippen LogP contribution in [0.3, 0.4) is 0 Å². The van der Waals surface area contributed by atoms with Crippen molar-refractivity contribution in [3.8, 4) is 11.5 Å². The Labute approximate surface area is 116 Å². The number of hydrogen-bond donors (Lipinski definition) is 0. The molecule has 0 saturated carbocycles. The van der Waals surface area contributed by atoms with Gasteiger partial charge in [0.25, 0.3) is 0 Å². The zero-order valence-electron chi connectivity index (χ0n) is 10.3. The second-order valence-corrected chi connectivity index (χ2v) is 3.44. The van der Waals surface area contributed by atoms with E-state index in [1.165, 1.54) is 6.08 Å². The average Bonchev–Trinajstić information content (AvgIpc) is 2.36. The molecule has 0 aliphatic rings. The maximum Gasteiger partial charge on any atom is 0.573 e. The summed E-state index contributed by atoms with van der Waals surface area (Å²) in [5.74, 6) is -3.19. The number of carboxylic acid groups (broad SMARTS) is 1. The van der Waals surface area contributed by atoms with E-state index >= 15 is 0 Å².